The van der Waals surface area contributed by atoms with Crippen LogP contribution in [0.1, 0.15) is 23.3 Å². The Balaban J connectivity index is 2.08. The summed E-state index contributed by atoms with van der Waals surface area (Å²) in [5.41, 5.74) is 6.49. The van der Waals surface area contributed by atoms with Crippen molar-refractivity contribution in [2.45, 2.75) is 12.5 Å². The number of aliphatic hydroxyl groups is 1. The Morgan fingerprint density at radius 3 is 2.65 bits per heavy atom. The number of nitrogens with zero attached hydrogens (tertiary/aromatic N) is 2. The highest BCUT2D eigenvalue weighted by molar-refractivity contribution is 5.27. The van der Waals surface area contributed by atoms with Gasteiger partial charge in [-0.3, -0.25) is 0 Å². The van der Waals surface area contributed by atoms with Gasteiger partial charge in [0, 0.05) is 6.42 Å². The quantitative estimate of drug-likeness (QED) is 0.706. The number of hydrogen-bond acceptors (Lipinski definition) is 6. The summed E-state index contributed by atoms with van der Waals surface area (Å²) in [4.78, 5) is 4.07. The number of aromatic hydroxyl groups is 1. The van der Waals surface area contributed by atoms with Crippen molar-refractivity contribution >= 4 is 0 Å². The number of nitrogens with two attached hydrogens (primary N) is 1. The van der Waals surface area contributed by atoms with Crippen LogP contribution in [0.4, 0.5) is 0 Å². The fourth-order valence-corrected chi connectivity index (χ4v) is 1.36. The summed E-state index contributed by atoms with van der Waals surface area (Å²) in [6.07, 6.45) is 0.488. The monoisotopic (exact) mass is 235 g/mol. The second kappa shape index (κ2) is 4.94. The lowest BCUT2D eigenvalue weighted by atomic mass is 10.1. The summed E-state index contributed by atoms with van der Waals surface area (Å²) in [7, 11) is 0. The fraction of sp³-hybridized carbons (Fsp3) is 0.273. The SMILES string of the molecule is NC(CO)c1nc(Cc2ccc(O)cc2)no1. The number of phenols is 1. The van der Waals surface area contributed by atoms with Gasteiger partial charge in [-0.2, -0.15) is 4.98 Å². The van der Waals surface area contributed by atoms with E-state index in [4.69, 9.17) is 20.5 Å². The lowest BCUT2D eigenvalue weighted by molar-refractivity contribution is 0.236. The molecule has 2 rings (SSSR count). The van der Waals surface area contributed by atoms with E-state index in [0.29, 0.717) is 12.2 Å². The van der Waals surface area contributed by atoms with Crippen LogP contribution in [0.3, 0.4) is 0 Å². The van der Waals surface area contributed by atoms with E-state index in [2.05, 4.69) is 10.1 Å². The predicted molar refractivity (Wildman–Crippen MR) is 59.2 cm³/mol. The van der Waals surface area contributed by atoms with Gasteiger partial charge in [0.1, 0.15) is 11.8 Å². The molecular weight excluding hydrogens is 222 g/mol. The number of rotatable bonds is 4. The van der Waals surface area contributed by atoms with Crippen LogP contribution >= 0.6 is 0 Å². The van der Waals surface area contributed by atoms with Crippen molar-refractivity contribution in [3.05, 3.63) is 41.5 Å². The average molecular weight is 235 g/mol. The van der Waals surface area contributed by atoms with Crippen molar-refractivity contribution in [1.82, 2.24) is 10.1 Å². The predicted octanol–water partition coefficient (Wildman–Crippen LogP) is 0.358. The Morgan fingerprint density at radius 2 is 2.00 bits per heavy atom. The van der Waals surface area contributed by atoms with Gasteiger partial charge in [-0.15, -0.1) is 0 Å². The molecule has 1 aromatic heterocycles. The highest BCUT2D eigenvalue weighted by Gasteiger charge is 2.13. The van der Waals surface area contributed by atoms with E-state index in [1.54, 1.807) is 24.3 Å². The third kappa shape index (κ3) is 2.80. The Morgan fingerprint density at radius 1 is 1.29 bits per heavy atom. The van der Waals surface area contributed by atoms with Gasteiger partial charge in [-0.25, -0.2) is 0 Å². The maximum absolute atomic E-state index is 9.14. The van der Waals surface area contributed by atoms with Crippen LogP contribution in [0.15, 0.2) is 28.8 Å². The van der Waals surface area contributed by atoms with Gasteiger partial charge in [0.05, 0.1) is 6.61 Å². The number of benzene rings is 1. The third-order valence-electron chi connectivity index (χ3n) is 2.30. The lowest BCUT2D eigenvalue weighted by Gasteiger charge is -1.99. The average Bonchev–Trinajstić information content (AvgIpc) is 2.80. The molecule has 1 aromatic carbocycles. The van der Waals surface area contributed by atoms with Crippen molar-refractivity contribution < 1.29 is 14.7 Å². The van der Waals surface area contributed by atoms with Crippen molar-refractivity contribution in [2.75, 3.05) is 6.61 Å². The molecule has 4 N–H and O–H groups in total. The van der Waals surface area contributed by atoms with E-state index >= 15 is 0 Å². The highest BCUT2D eigenvalue weighted by Crippen LogP contribution is 2.13. The number of hydrogen-bond donors (Lipinski definition) is 3. The van der Waals surface area contributed by atoms with E-state index in [1.807, 2.05) is 0 Å². The minimum Gasteiger partial charge on any atom is -0.508 e. The molecular formula is C11H13N3O3. The Labute approximate surface area is 97.7 Å². The van der Waals surface area contributed by atoms with Crippen LogP contribution in [0, 0.1) is 0 Å². The molecule has 0 aliphatic heterocycles. The molecule has 0 bridgehead atoms. The standard InChI is InChI=1S/C11H13N3O3/c12-9(6-15)11-13-10(14-17-11)5-7-1-3-8(16)4-2-7/h1-4,9,15-16H,5-6,12H2. The normalized spacial score (nSPS) is 12.6. The molecule has 1 atom stereocenters. The number of phenolic OH excluding ortho intramolecular Hbond substituents is 1. The summed E-state index contributed by atoms with van der Waals surface area (Å²) in [5, 5.41) is 21.7. The molecule has 0 fully saturated rings. The summed E-state index contributed by atoms with van der Waals surface area (Å²) in [6.45, 7) is -0.235. The zero-order valence-electron chi connectivity index (χ0n) is 9.08. The summed E-state index contributed by atoms with van der Waals surface area (Å²) >= 11 is 0. The van der Waals surface area contributed by atoms with Gasteiger partial charge in [0.25, 0.3) is 0 Å². The Bertz CT molecular complexity index is 481. The van der Waals surface area contributed by atoms with Crippen molar-refractivity contribution in [3.63, 3.8) is 0 Å². The van der Waals surface area contributed by atoms with Crippen LogP contribution in [0.5, 0.6) is 5.75 Å². The molecule has 2 aromatic rings. The van der Waals surface area contributed by atoms with Crippen molar-refractivity contribution in [3.8, 4) is 5.75 Å². The molecule has 0 spiro atoms. The van der Waals surface area contributed by atoms with E-state index in [1.165, 1.54) is 0 Å². The molecule has 6 heteroatoms. The Kier molecular flexibility index (Phi) is 3.36. The van der Waals surface area contributed by atoms with Gasteiger partial charge in [-0.05, 0) is 17.7 Å². The minimum atomic E-state index is -0.643. The number of aromatic nitrogens is 2. The van der Waals surface area contributed by atoms with Gasteiger partial charge in [-0.1, -0.05) is 17.3 Å². The first-order chi connectivity index (χ1) is 8.19. The molecule has 0 saturated carbocycles. The Hall–Kier alpha value is -1.92. The van der Waals surface area contributed by atoms with Crippen LogP contribution in [-0.2, 0) is 6.42 Å². The molecule has 0 amide bonds. The second-order valence-electron chi connectivity index (χ2n) is 3.68. The van der Waals surface area contributed by atoms with Crippen molar-refractivity contribution in [1.29, 1.82) is 0 Å². The summed E-state index contributed by atoms with van der Waals surface area (Å²) in [6, 6.07) is 6.09. The maximum Gasteiger partial charge on any atom is 0.245 e. The smallest absolute Gasteiger partial charge is 0.245 e. The minimum absolute atomic E-state index is 0.213. The first-order valence-corrected chi connectivity index (χ1v) is 5.16. The molecule has 0 aliphatic carbocycles. The molecule has 0 aliphatic rings. The summed E-state index contributed by atoms with van der Waals surface area (Å²) < 4.78 is 4.92. The van der Waals surface area contributed by atoms with Gasteiger partial charge in [0.15, 0.2) is 5.82 Å². The number of aliphatic hydroxyl groups excluding tert-OH is 1. The highest BCUT2D eigenvalue weighted by atomic mass is 16.5. The lowest BCUT2D eigenvalue weighted by Crippen LogP contribution is -2.14. The third-order valence-corrected chi connectivity index (χ3v) is 2.30. The summed E-state index contributed by atoms with van der Waals surface area (Å²) in [5.74, 6) is 0.931. The van der Waals surface area contributed by atoms with Gasteiger partial charge >= 0.3 is 0 Å². The molecule has 1 unspecified atom stereocenters. The molecule has 1 heterocycles. The van der Waals surface area contributed by atoms with E-state index in [0.717, 1.165) is 5.56 Å². The first-order valence-electron chi connectivity index (χ1n) is 5.16. The topological polar surface area (TPSA) is 105 Å². The molecule has 90 valence electrons. The zero-order chi connectivity index (χ0) is 12.3. The van der Waals surface area contributed by atoms with Crippen LogP contribution < -0.4 is 5.73 Å². The van der Waals surface area contributed by atoms with Crippen LogP contribution in [0.2, 0.25) is 0 Å². The second-order valence-corrected chi connectivity index (χ2v) is 3.68. The fourth-order valence-electron chi connectivity index (χ4n) is 1.36. The molecule has 17 heavy (non-hydrogen) atoms. The van der Waals surface area contributed by atoms with Crippen molar-refractivity contribution in [2.24, 2.45) is 5.73 Å². The van der Waals surface area contributed by atoms with Crippen LogP contribution in [0.25, 0.3) is 0 Å². The van der Waals surface area contributed by atoms with E-state index in [-0.39, 0.29) is 18.2 Å². The maximum atomic E-state index is 9.14. The van der Waals surface area contributed by atoms with E-state index in [9.17, 15) is 0 Å². The molecule has 0 radical (unpaired) electrons. The van der Waals surface area contributed by atoms with Gasteiger partial charge < -0.3 is 20.5 Å². The van der Waals surface area contributed by atoms with Gasteiger partial charge in [0.2, 0.25) is 5.89 Å². The molecule has 0 saturated heterocycles. The van der Waals surface area contributed by atoms with Crippen LogP contribution in [-0.4, -0.2) is 27.0 Å². The largest absolute Gasteiger partial charge is 0.508 e. The molecule has 6 nitrogen and oxygen atoms in total. The van der Waals surface area contributed by atoms with E-state index < -0.39 is 6.04 Å². The first kappa shape index (κ1) is 11.6. The zero-order valence-corrected chi connectivity index (χ0v) is 9.08.